The van der Waals surface area contributed by atoms with Crippen molar-refractivity contribution >= 4 is 5.97 Å². The van der Waals surface area contributed by atoms with Gasteiger partial charge in [0.1, 0.15) is 11.9 Å². The summed E-state index contributed by atoms with van der Waals surface area (Å²) in [6, 6.07) is 6.17. The number of aliphatic hydroxyl groups excluding tert-OH is 3. The summed E-state index contributed by atoms with van der Waals surface area (Å²) < 4.78 is 18.2. The van der Waals surface area contributed by atoms with Crippen LogP contribution < -0.4 is 0 Å². The van der Waals surface area contributed by atoms with Crippen LogP contribution in [0.1, 0.15) is 63.4 Å². The van der Waals surface area contributed by atoms with E-state index in [2.05, 4.69) is 16.6 Å². The average Bonchev–Trinajstić information content (AvgIpc) is 3.00. The lowest BCUT2D eigenvalue weighted by Crippen LogP contribution is -2.23. The molecule has 1 saturated carbocycles. The van der Waals surface area contributed by atoms with Crippen LogP contribution in [-0.4, -0.2) is 46.7 Å². The van der Waals surface area contributed by atoms with Crippen molar-refractivity contribution in [2.45, 2.75) is 76.1 Å². The van der Waals surface area contributed by atoms with Crippen molar-refractivity contribution < 1.29 is 29.2 Å². The molecule has 0 saturated heterocycles. The zero-order valence-electron chi connectivity index (χ0n) is 17.6. The van der Waals surface area contributed by atoms with E-state index in [1.54, 1.807) is 18.2 Å². The predicted octanol–water partition coefficient (Wildman–Crippen LogP) is 3.19. The van der Waals surface area contributed by atoms with Gasteiger partial charge in [0, 0.05) is 6.42 Å². The number of ether oxygens (including phenoxy) is 1. The van der Waals surface area contributed by atoms with Gasteiger partial charge in [-0.05, 0) is 56.1 Å². The molecule has 0 aromatic heterocycles. The largest absolute Gasteiger partial charge is 0.469 e. The Morgan fingerprint density at radius 2 is 1.80 bits per heavy atom. The number of hydrogen-bond acceptors (Lipinski definition) is 5. The van der Waals surface area contributed by atoms with E-state index in [9.17, 15) is 24.5 Å². The Hall–Kier alpha value is -1.94. The number of methoxy groups -OCH3 is 1. The minimum absolute atomic E-state index is 0.00710. The van der Waals surface area contributed by atoms with Gasteiger partial charge < -0.3 is 20.1 Å². The summed E-state index contributed by atoms with van der Waals surface area (Å²) in [5.41, 5.74) is 0.248. The summed E-state index contributed by atoms with van der Waals surface area (Å²) in [7, 11) is 1.39. The second-order valence-corrected chi connectivity index (χ2v) is 8.07. The van der Waals surface area contributed by atoms with Gasteiger partial charge in [0.15, 0.2) is 0 Å². The summed E-state index contributed by atoms with van der Waals surface area (Å²) in [4.78, 5) is 11.1. The van der Waals surface area contributed by atoms with Gasteiger partial charge in [-0.15, -0.1) is 0 Å². The normalized spacial score (nSPS) is 24.2. The second kappa shape index (κ2) is 12.7. The van der Waals surface area contributed by atoms with E-state index >= 15 is 0 Å². The molecule has 0 radical (unpaired) electrons. The fraction of sp³-hybridized carbons (Fsp3) is 0.625. The summed E-state index contributed by atoms with van der Waals surface area (Å²) in [6.07, 6.45) is 4.06. The van der Waals surface area contributed by atoms with Crippen LogP contribution in [0.3, 0.4) is 0 Å². The quantitative estimate of drug-likeness (QED) is 0.307. The molecule has 5 atom stereocenters. The molecule has 0 bridgehead atoms. The van der Waals surface area contributed by atoms with Gasteiger partial charge in [0.25, 0.3) is 0 Å². The third kappa shape index (κ3) is 7.71. The fourth-order valence-electron chi connectivity index (χ4n) is 4.23. The van der Waals surface area contributed by atoms with Gasteiger partial charge in [-0.2, -0.15) is 0 Å². The Morgan fingerprint density at radius 3 is 2.50 bits per heavy atom. The lowest BCUT2D eigenvalue weighted by Gasteiger charge is -2.24. The van der Waals surface area contributed by atoms with Crippen molar-refractivity contribution in [1.82, 2.24) is 0 Å². The molecule has 0 spiro atoms. The van der Waals surface area contributed by atoms with Crippen LogP contribution in [-0.2, 0) is 9.53 Å². The lowest BCUT2D eigenvalue weighted by molar-refractivity contribution is -0.140. The molecule has 1 fully saturated rings. The average molecular weight is 421 g/mol. The van der Waals surface area contributed by atoms with Gasteiger partial charge >= 0.3 is 5.97 Å². The number of hydrogen-bond donors (Lipinski definition) is 3. The Balaban J connectivity index is 1.77. The van der Waals surface area contributed by atoms with E-state index < -0.39 is 24.1 Å². The van der Waals surface area contributed by atoms with Crippen LogP contribution in [0, 0.1) is 29.5 Å². The van der Waals surface area contributed by atoms with Crippen molar-refractivity contribution in [3.05, 3.63) is 35.6 Å². The highest BCUT2D eigenvalue weighted by Crippen LogP contribution is 2.39. The van der Waals surface area contributed by atoms with E-state index in [-0.39, 0.29) is 23.4 Å². The molecule has 2 rings (SSSR count). The molecule has 6 heteroatoms. The zero-order chi connectivity index (χ0) is 21.9. The molecule has 166 valence electrons. The van der Waals surface area contributed by atoms with E-state index in [0.717, 1.165) is 32.1 Å². The van der Waals surface area contributed by atoms with Crippen molar-refractivity contribution in [3.8, 4) is 11.8 Å². The molecule has 1 aliphatic rings. The predicted molar refractivity (Wildman–Crippen MR) is 112 cm³/mol. The number of benzene rings is 1. The first-order chi connectivity index (χ1) is 14.4. The molecule has 5 nitrogen and oxygen atoms in total. The van der Waals surface area contributed by atoms with Gasteiger partial charge in [0.2, 0.25) is 0 Å². The van der Waals surface area contributed by atoms with Crippen LogP contribution in [0.15, 0.2) is 24.3 Å². The third-order valence-corrected chi connectivity index (χ3v) is 5.94. The number of carbonyl (C=O) groups is 1. The van der Waals surface area contributed by atoms with Crippen LogP contribution in [0.2, 0.25) is 0 Å². The molecule has 0 heterocycles. The molecule has 1 aliphatic carbocycles. The Bertz CT molecular complexity index is 726. The first kappa shape index (κ1) is 24.3. The van der Waals surface area contributed by atoms with Crippen LogP contribution >= 0.6 is 0 Å². The fourth-order valence-corrected chi connectivity index (χ4v) is 4.23. The Kier molecular flexibility index (Phi) is 10.3. The monoisotopic (exact) mass is 420 g/mol. The molecule has 0 amide bonds. The molecule has 1 aromatic carbocycles. The smallest absolute Gasteiger partial charge is 0.305 e. The minimum Gasteiger partial charge on any atom is -0.469 e. The summed E-state index contributed by atoms with van der Waals surface area (Å²) >= 11 is 0. The summed E-state index contributed by atoms with van der Waals surface area (Å²) in [5.74, 6) is 4.63. The van der Waals surface area contributed by atoms with E-state index in [0.29, 0.717) is 25.7 Å². The summed E-state index contributed by atoms with van der Waals surface area (Å²) in [6.45, 7) is 0. The number of unbranched alkanes of at least 4 members (excludes halogenated alkanes) is 3. The maximum absolute atomic E-state index is 13.6. The number of rotatable bonds is 10. The molecular formula is C24H33FO5. The maximum Gasteiger partial charge on any atom is 0.305 e. The highest BCUT2D eigenvalue weighted by molar-refractivity contribution is 5.68. The minimum atomic E-state index is -0.909. The molecule has 3 N–H and O–H groups in total. The van der Waals surface area contributed by atoms with E-state index in [1.165, 1.54) is 13.2 Å². The van der Waals surface area contributed by atoms with E-state index in [1.807, 2.05) is 0 Å². The van der Waals surface area contributed by atoms with Crippen LogP contribution in [0.5, 0.6) is 0 Å². The van der Waals surface area contributed by atoms with Crippen molar-refractivity contribution in [3.63, 3.8) is 0 Å². The van der Waals surface area contributed by atoms with Crippen molar-refractivity contribution in [1.29, 1.82) is 0 Å². The number of esters is 1. The second-order valence-electron chi connectivity index (χ2n) is 8.07. The SMILES string of the molecule is COC(=O)CCCCCCC1C(O)CC(O)C1CCC(O)C#Cc1ccccc1F. The standard InChI is InChI=1S/C24H33FO5/c1-30-24(29)11-5-3-2-4-9-19-20(23(28)16-22(19)27)15-14-18(26)13-12-17-8-6-7-10-21(17)25/h6-8,10,18-20,22-23,26-28H,2-5,9,11,14-16H2,1H3. The topological polar surface area (TPSA) is 87.0 Å². The number of halogens is 1. The van der Waals surface area contributed by atoms with Crippen LogP contribution in [0.4, 0.5) is 4.39 Å². The number of carbonyl (C=O) groups excluding carboxylic acids is 1. The molecule has 1 aromatic rings. The zero-order valence-corrected chi connectivity index (χ0v) is 17.6. The highest BCUT2D eigenvalue weighted by Gasteiger charge is 2.40. The third-order valence-electron chi connectivity index (χ3n) is 5.94. The maximum atomic E-state index is 13.6. The van der Waals surface area contributed by atoms with Gasteiger partial charge in [-0.1, -0.05) is 43.2 Å². The molecule has 0 aliphatic heterocycles. The molecule has 5 unspecified atom stereocenters. The Morgan fingerprint density at radius 1 is 1.13 bits per heavy atom. The molecular weight excluding hydrogens is 387 g/mol. The lowest BCUT2D eigenvalue weighted by atomic mass is 9.85. The van der Waals surface area contributed by atoms with Crippen molar-refractivity contribution in [2.75, 3.05) is 7.11 Å². The first-order valence-electron chi connectivity index (χ1n) is 10.8. The highest BCUT2D eigenvalue weighted by atomic mass is 19.1. The van der Waals surface area contributed by atoms with Gasteiger partial charge in [0.05, 0.1) is 24.9 Å². The van der Waals surface area contributed by atoms with Gasteiger partial charge in [-0.3, -0.25) is 4.79 Å². The van der Waals surface area contributed by atoms with Gasteiger partial charge in [-0.25, -0.2) is 4.39 Å². The van der Waals surface area contributed by atoms with Crippen molar-refractivity contribution in [2.24, 2.45) is 11.8 Å². The van der Waals surface area contributed by atoms with E-state index in [4.69, 9.17) is 0 Å². The summed E-state index contributed by atoms with van der Waals surface area (Å²) in [5, 5.41) is 30.8. The first-order valence-corrected chi connectivity index (χ1v) is 10.8. The molecule has 30 heavy (non-hydrogen) atoms. The van der Waals surface area contributed by atoms with Crippen LogP contribution in [0.25, 0.3) is 0 Å². The number of aliphatic hydroxyl groups is 3. The Labute approximate surface area is 178 Å².